The van der Waals surface area contributed by atoms with Crippen LogP contribution in [0.25, 0.3) is 0 Å². The zero-order chi connectivity index (χ0) is 24.2. The Morgan fingerprint density at radius 1 is 0.676 bits per heavy atom. The molecule has 3 rings (SSSR count). The molecule has 0 unspecified atom stereocenters. The van der Waals surface area contributed by atoms with Crippen molar-refractivity contribution in [2.75, 3.05) is 26.4 Å². The molecule has 0 radical (unpaired) electrons. The molecule has 0 atom stereocenters. The lowest BCUT2D eigenvalue weighted by Crippen LogP contribution is -2.29. The highest BCUT2D eigenvalue weighted by Crippen LogP contribution is 2.45. The first-order valence-corrected chi connectivity index (χ1v) is 13.4. The molecule has 0 aromatic heterocycles. The fraction of sp³-hybridized carbons (Fsp3) is 0.600. The lowest BCUT2D eigenvalue weighted by Gasteiger charge is -2.38. The van der Waals surface area contributed by atoms with E-state index in [1.54, 1.807) is 0 Å². The van der Waals surface area contributed by atoms with Crippen LogP contribution in [-0.4, -0.2) is 36.6 Å². The van der Waals surface area contributed by atoms with E-state index in [1.165, 1.54) is 54.4 Å². The van der Waals surface area contributed by atoms with E-state index in [0.717, 1.165) is 50.0 Å². The van der Waals surface area contributed by atoms with Crippen LogP contribution in [-0.2, 0) is 18.3 Å². The predicted molar refractivity (Wildman–Crippen MR) is 139 cm³/mol. The van der Waals surface area contributed by atoms with E-state index in [2.05, 4.69) is 50.2 Å². The molecule has 0 amide bonds. The highest BCUT2D eigenvalue weighted by atomic mass is 16.5. The molecule has 0 heterocycles. The van der Waals surface area contributed by atoms with Crippen molar-refractivity contribution < 1.29 is 19.7 Å². The number of aryl methyl sites for hydroxylation is 2. The quantitative estimate of drug-likeness (QED) is 0.380. The van der Waals surface area contributed by atoms with E-state index >= 15 is 0 Å². The summed E-state index contributed by atoms with van der Waals surface area (Å²) in [5.41, 5.74) is 5.25. The molecule has 1 aliphatic rings. The van der Waals surface area contributed by atoms with Crippen molar-refractivity contribution in [2.24, 2.45) is 0 Å². The van der Waals surface area contributed by atoms with Crippen molar-refractivity contribution in [2.45, 2.75) is 89.9 Å². The Morgan fingerprint density at radius 3 is 1.53 bits per heavy atom. The normalized spacial score (nSPS) is 16.0. The summed E-state index contributed by atoms with van der Waals surface area (Å²) < 4.78 is 11.8. The Balaban J connectivity index is 2.10. The van der Waals surface area contributed by atoms with Gasteiger partial charge < -0.3 is 19.7 Å². The molecule has 0 bridgehead atoms. The van der Waals surface area contributed by atoms with Crippen molar-refractivity contribution in [3.63, 3.8) is 0 Å². The maximum atomic E-state index is 9.25. The minimum Gasteiger partial charge on any atom is -0.491 e. The Labute approximate surface area is 206 Å². The maximum Gasteiger partial charge on any atom is 0.122 e. The molecule has 1 aliphatic carbocycles. The van der Waals surface area contributed by atoms with Crippen LogP contribution in [0.4, 0.5) is 0 Å². The number of benzene rings is 2. The topological polar surface area (TPSA) is 58.9 Å². The Bertz CT molecular complexity index is 805. The van der Waals surface area contributed by atoms with Gasteiger partial charge in [0.25, 0.3) is 0 Å². The lowest BCUT2D eigenvalue weighted by molar-refractivity contribution is 0.200. The van der Waals surface area contributed by atoms with Gasteiger partial charge in [0, 0.05) is 5.41 Å². The molecule has 2 aromatic rings. The van der Waals surface area contributed by atoms with Gasteiger partial charge in [-0.05, 0) is 60.1 Å². The summed E-state index contributed by atoms with van der Waals surface area (Å²) in [4.78, 5) is 0. The molecule has 4 nitrogen and oxygen atoms in total. The van der Waals surface area contributed by atoms with Gasteiger partial charge in [-0.15, -0.1) is 0 Å². The zero-order valence-electron chi connectivity index (χ0n) is 21.3. The van der Waals surface area contributed by atoms with Crippen molar-refractivity contribution >= 4 is 0 Å². The highest BCUT2D eigenvalue weighted by Gasteiger charge is 2.35. The predicted octanol–water partition coefficient (Wildman–Crippen LogP) is 6.36. The molecule has 1 fully saturated rings. The second-order valence-electron chi connectivity index (χ2n) is 9.64. The number of hydrogen-bond acceptors (Lipinski definition) is 4. The van der Waals surface area contributed by atoms with Crippen LogP contribution in [0, 0.1) is 0 Å². The fourth-order valence-electron chi connectivity index (χ4n) is 5.53. The smallest absolute Gasteiger partial charge is 0.122 e. The van der Waals surface area contributed by atoms with E-state index in [4.69, 9.17) is 9.47 Å². The van der Waals surface area contributed by atoms with E-state index in [1.807, 2.05) is 0 Å². The van der Waals surface area contributed by atoms with Crippen LogP contribution in [0.15, 0.2) is 36.4 Å². The zero-order valence-corrected chi connectivity index (χ0v) is 21.3. The second kappa shape index (κ2) is 13.7. The molecular weight excluding hydrogens is 424 g/mol. The first-order chi connectivity index (χ1) is 16.7. The van der Waals surface area contributed by atoms with Crippen molar-refractivity contribution in [1.82, 2.24) is 0 Å². The highest BCUT2D eigenvalue weighted by molar-refractivity contribution is 5.49. The third-order valence-corrected chi connectivity index (χ3v) is 7.17. The van der Waals surface area contributed by atoms with Gasteiger partial charge in [-0.25, -0.2) is 0 Å². The van der Waals surface area contributed by atoms with E-state index in [-0.39, 0.29) is 18.6 Å². The molecule has 2 N–H and O–H groups in total. The van der Waals surface area contributed by atoms with Gasteiger partial charge in [0.1, 0.15) is 24.7 Å². The average molecular weight is 469 g/mol. The summed E-state index contributed by atoms with van der Waals surface area (Å²) in [5.74, 6) is 1.81. The number of rotatable bonds is 12. The summed E-state index contributed by atoms with van der Waals surface area (Å²) in [6.45, 7) is 5.13. The third-order valence-electron chi connectivity index (χ3n) is 7.17. The standard InChI is InChI=1S/C30H44O4/c1-3-10-24-22-26(12-14-28(24)33-20-18-31)30(16-8-6-5-7-9-17-30)27-13-15-29(34-21-19-32)25(23-27)11-4-2/h12-15,22-23,31-32H,3-11,16-21H2,1-2H3. The monoisotopic (exact) mass is 468 g/mol. The van der Waals surface area contributed by atoms with Crippen LogP contribution in [0.1, 0.15) is 93.9 Å². The number of aliphatic hydroxyl groups excluding tert-OH is 2. The maximum absolute atomic E-state index is 9.25. The van der Waals surface area contributed by atoms with Gasteiger partial charge >= 0.3 is 0 Å². The van der Waals surface area contributed by atoms with Gasteiger partial charge in [0.2, 0.25) is 0 Å². The van der Waals surface area contributed by atoms with E-state index < -0.39 is 0 Å². The number of aliphatic hydroxyl groups is 2. The average Bonchev–Trinajstić information content (AvgIpc) is 2.83. The third kappa shape index (κ3) is 6.55. The van der Waals surface area contributed by atoms with Gasteiger partial charge in [0.15, 0.2) is 0 Å². The van der Waals surface area contributed by atoms with E-state index in [9.17, 15) is 10.2 Å². The molecule has 0 spiro atoms. The summed E-state index contributed by atoms with van der Waals surface area (Å²) >= 11 is 0. The summed E-state index contributed by atoms with van der Waals surface area (Å²) in [6, 6.07) is 13.6. The summed E-state index contributed by atoms with van der Waals surface area (Å²) in [7, 11) is 0. The van der Waals surface area contributed by atoms with E-state index in [0.29, 0.717) is 13.2 Å². The first kappa shape index (κ1) is 26.6. The van der Waals surface area contributed by atoms with Gasteiger partial charge in [-0.1, -0.05) is 83.1 Å². The van der Waals surface area contributed by atoms with Crippen LogP contribution < -0.4 is 9.47 Å². The van der Waals surface area contributed by atoms with Crippen LogP contribution >= 0.6 is 0 Å². The second-order valence-corrected chi connectivity index (χ2v) is 9.64. The lowest BCUT2D eigenvalue weighted by atomic mass is 9.66. The van der Waals surface area contributed by atoms with Crippen LogP contribution in [0.3, 0.4) is 0 Å². The molecule has 4 heteroatoms. The molecular formula is C30H44O4. The summed E-state index contributed by atoms with van der Waals surface area (Å²) in [6.07, 6.45) is 12.7. The largest absolute Gasteiger partial charge is 0.491 e. The molecule has 0 saturated heterocycles. The van der Waals surface area contributed by atoms with Crippen molar-refractivity contribution in [1.29, 1.82) is 0 Å². The number of ether oxygens (including phenoxy) is 2. The fourth-order valence-corrected chi connectivity index (χ4v) is 5.53. The minimum absolute atomic E-state index is 0.0174. The van der Waals surface area contributed by atoms with Crippen LogP contribution in [0.2, 0.25) is 0 Å². The van der Waals surface area contributed by atoms with Crippen molar-refractivity contribution in [3.8, 4) is 11.5 Å². The molecule has 34 heavy (non-hydrogen) atoms. The molecule has 1 saturated carbocycles. The van der Waals surface area contributed by atoms with Gasteiger partial charge in [-0.3, -0.25) is 0 Å². The SMILES string of the molecule is CCCc1cc(C2(c3ccc(OCCO)c(CCC)c3)CCCCCCC2)ccc1OCCO. The Kier molecular flexibility index (Phi) is 10.7. The van der Waals surface area contributed by atoms with Gasteiger partial charge in [-0.2, -0.15) is 0 Å². The number of hydrogen-bond donors (Lipinski definition) is 2. The van der Waals surface area contributed by atoms with Crippen molar-refractivity contribution in [3.05, 3.63) is 58.7 Å². The Morgan fingerprint density at radius 2 is 1.12 bits per heavy atom. The molecule has 2 aromatic carbocycles. The molecule has 188 valence electrons. The minimum atomic E-state index is -0.0174. The first-order valence-electron chi connectivity index (χ1n) is 13.4. The molecule has 0 aliphatic heterocycles. The summed E-state index contributed by atoms with van der Waals surface area (Å²) in [5, 5.41) is 18.5. The van der Waals surface area contributed by atoms with Gasteiger partial charge in [0.05, 0.1) is 13.2 Å². The van der Waals surface area contributed by atoms with Crippen LogP contribution in [0.5, 0.6) is 11.5 Å². The Hall–Kier alpha value is -2.04.